The summed E-state index contributed by atoms with van der Waals surface area (Å²) < 4.78 is 3.13. The zero-order chi connectivity index (χ0) is 12.4. The van der Waals surface area contributed by atoms with Crippen molar-refractivity contribution in [1.29, 1.82) is 0 Å². The third-order valence-electron chi connectivity index (χ3n) is 2.20. The van der Waals surface area contributed by atoms with E-state index < -0.39 is 5.97 Å². The molecule has 8 heteroatoms. The molecule has 0 saturated heterocycles. The first-order valence-corrected chi connectivity index (χ1v) is 5.27. The van der Waals surface area contributed by atoms with Crippen LogP contribution >= 0.6 is 11.6 Å². The Kier molecular flexibility index (Phi) is 3.10. The minimum Gasteiger partial charge on any atom is -0.476 e. The second-order valence-electron chi connectivity index (χ2n) is 3.50. The number of rotatable bonds is 4. The number of carbonyl (C=O) groups is 1. The predicted molar refractivity (Wildman–Crippen MR) is 59.0 cm³/mol. The van der Waals surface area contributed by atoms with Crippen LogP contribution in [-0.4, -0.2) is 35.9 Å². The molecule has 0 aliphatic carbocycles. The summed E-state index contributed by atoms with van der Waals surface area (Å²) in [6.45, 7) is 2.85. The van der Waals surface area contributed by atoms with Crippen LogP contribution < -0.4 is 0 Å². The fraction of sp³-hybridized carbons (Fsp3) is 0.333. The highest BCUT2D eigenvalue weighted by atomic mass is 35.5. The van der Waals surface area contributed by atoms with Gasteiger partial charge in [0.05, 0.1) is 30.0 Å². The van der Waals surface area contributed by atoms with Crippen LogP contribution in [0.1, 0.15) is 16.2 Å². The fourth-order valence-electron chi connectivity index (χ4n) is 1.32. The van der Waals surface area contributed by atoms with E-state index in [1.54, 1.807) is 10.9 Å². The number of halogens is 1. The number of hydrogen-bond donors (Lipinski definition) is 1. The van der Waals surface area contributed by atoms with Crippen LogP contribution in [0.5, 0.6) is 0 Å². The van der Waals surface area contributed by atoms with E-state index in [2.05, 4.69) is 15.4 Å². The van der Waals surface area contributed by atoms with Crippen LogP contribution in [0, 0.1) is 6.92 Å². The van der Waals surface area contributed by atoms with E-state index >= 15 is 0 Å². The SMILES string of the molecule is Cc1nn(CCn2cc(C(=O)O)nn2)cc1Cl. The van der Waals surface area contributed by atoms with Crippen molar-refractivity contribution < 1.29 is 9.90 Å². The van der Waals surface area contributed by atoms with Gasteiger partial charge in [0.1, 0.15) is 0 Å². The minimum atomic E-state index is -1.09. The lowest BCUT2D eigenvalue weighted by Gasteiger charge is -2.00. The van der Waals surface area contributed by atoms with Gasteiger partial charge < -0.3 is 5.11 Å². The van der Waals surface area contributed by atoms with Crippen molar-refractivity contribution in [3.05, 3.63) is 28.8 Å². The summed E-state index contributed by atoms with van der Waals surface area (Å²) in [5.74, 6) is -1.09. The van der Waals surface area contributed by atoms with E-state index in [1.807, 2.05) is 6.92 Å². The maximum atomic E-state index is 10.6. The average Bonchev–Trinajstić information content (AvgIpc) is 2.84. The zero-order valence-electron chi connectivity index (χ0n) is 9.04. The van der Waals surface area contributed by atoms with E-state index in [0.29, 0.717) is 18.1 Å². The zero-order valence-corrected chi connectivity index (χ0v) is 9.79. The number of aryl methyl sites for hydroxylation is 3. The largest absolute Gasteiger partial charge is 0.476 e. The van der Waals surface area contributed by atoms with E-state index in [-0.39, 0.29) is 5.69 Å². The molecule has 90 valence electrons. The standard InChI is InChI=1S/C9H10ClN5O2/c1-6-7(10)4-14(12-6)2-3-15-5-8(9(16)17)11-13-15/h4-5H,2-3H2,1H3,(H,16,17). The smallest absolute Gasteiger partial charge is 0.358 e. The normalized spacial score (nSPS) is 10.7. The Morgan fingerprint density at radius 2 is 2.12 bits per heavy atom. The van der Waals surface area contributed by atoms with Gasteiger partial charge in [-0.05, 0) is 6.92 Å². The lowest BCUT2D eigenvalue weighted by molar-refractivity contribution is 0.0690. The van der Waals surface area contributed by atoms with Crippen molar-refractivity contribution in [1.82, 2.24) is 24.8 Å². The Bertz CT molecular complexity index is 528. The van der Waals surface area contributed by atoms with Gasteiger partial charge in [0.25, 0.3) is 0 Å². The molecule has 0 spiro atoms. The molecule has 0 fully saturated rings. The number of aromatic nitrogens is 5. The van der Waals surface area contributed by atoms with Gasteiger partial charge in [-0.3, -0.25) is 4.68 Å². The van der Waals surface area contributed by atoms with Gasteiger partial charge in [-0.2, -0.15) is 5.10 Å². The first-order chi connectivity index (χ1) is 8.06. The molecule has 0 unspecified atom stereocenters. The Balaban J connectivity index is 1.99. The quantitative estimate of drug-likeness (QED) is 0.875. The predicted octanol–water partition coefficient (Wildman–Crippen LogP) is 0.835. The van der Waals surface area contributed by atoms with Crippen molar-refractivity contribution in [2.75, 3.05) is 0 Å². The molecule has 0 bridgehead atoms. The first kappa shape index (κ1) is 11.6. The second-order valence-corrected chi connectivity index (χ2v) is 3.90. The molecular weight excluding hydrogens is 246 g/mol. The fourth-order valence-corrected chi connectivity index (χ4v) is 1.47. The Labute approximate surface area is 102 Å². The van der Waals surface area contributed by atoms with Crippen LogP contribution in [0.15, 0.2) is 12.4 Å². The van der Waals surface area contributed by atoms with E-state index in [1.165, 1.54) is 10.9 Å². The summed E-state index contributed by atoms with van der Waals surface area (Å²) in [4.78, 5) is 10.6. The van der Waals surface area contributed by atoms with Crippen LogP contribution in [0.4, 0.5) is 0 Å². The third kappa shape index (κ3) is 2.62. The topological polar surface area (TPSA) is 85.8 Å². The Hall–Kier alpha value is -1.89. The van der Waals surface area contributed by atoms with Crippen molar-refractivity contribution in [2.24, 2.45) is 0 Å². The van der Waals surface area contributed by atoms with Gasteiger partial charge in [-0.1, -0.05) is 16.8 Å². The average molecular weight is 256 g/mol. The molecule has 0 saturated carbocycles. The highest BCUT2D eigenvalue weighted by molar-refractivity contribution is 6.31. The highest BCUT2D eigenvalue weighted by Gasteiger charge is 2.08. The second kappa shape index (κ2) is 4.54. The van der Waals surface area contributed by atoms with Gasteiger partial charge in [-0.15, -0.1) is 5.10 Å². The van der Waals surface area contributed by atoms with E-state index in [9.17, 15) is 4.79 Å². The summed E-state index contributed by atoms with van der Waals surface area (Å²) in [6.07, 6.45) is 3.09. The molecular formula is C9H10ClN5O2. The maximum Gasteiger partial charge on any atom is 0.358 e. The molecule has 2 heterocycles. The minimum absolute atomic E-state index is 0.0697. The third-order valence-corrected chi connectivity index (χ3v) is 2.57. The lowest BCUT2D eigenvalue weighted by Crippen LogP contribution is -2.08. The molecule has 0 atom stereocenters. The van der Waals surface area contributed by atoms with Crippen LogP contribution in [0.3, 0.4) is 0 Å². The molecule has 0 radical (unpaired) electrons. The Morgan fingerprint density at radius 3 is 2.65 bits per heavy atom. The molecule has 1 N–H and O–H groups in total. The van der Waals surface area contributed by atoms with Crippen molar-refractivity contribution in [3.63, 3.8) is 0 Å². The summed E-state index contributed by atoms with van der Waals surface area (Å²) >= 11 is 5.86. The summed E-state index contributed by atoms with van der Waals surface area (Å²) in [7, 11) is 0. The summed E-state index contributed by atoms with van der Waals surface area (Å²) in [5.41, 5.74) is 0.691. The Morgan fingerprint density at radius 1 is 1.41 bits per heavy atom. The van der Waals surface area contributed by atoms with Gasteiger partial charge in [0.15, 0.2) is 5.69 Å². The van der Waals surface area contributed by atoms with Crippen molar-refractivity contribution >= 4 is 17.6 Å². The molecule has 2 rings (SSSR count). The lowest BCUT2D eigenvalue weighted by atomic mass is 10.5. The molecule has 0 amide bonds. The van der Waals surface area contributed by atoms with E-state index in [4.69, 9.17) is 16.7 Å². The molecule has 0 aliphatic rings. The van der Waals surface area contributed by atoms with Gasteiger partial charge in [0.2, 0.25) is 0 Å². The summed E-state index contributed by atoms with van der Waals surface area (Å²) in [5, 5.41) is 20.7. The monoisotopic (exact) mass is 255 g/mol. The van der Waals surface area contributed by atoms with Gasteiger partial charge >= 0.3 is 5.97 Å². The molecule has 0 aromatic carbocycles. The van der Waals surface area contributed by atoms with Crippen molar-refractivity contribution in [2.45, 2.75) is 20.0 Å². The van der Waals surface area contributed by atoms with Crippen molar-refractivity contribution in [3.8, 4) is 0 Å². The van der Waals surface area contributed by atoms with Crippen LogP contribution in [0.2, 0.25) is 5.02 Å². The van der Waals surface area contributed by atoms with E-state index in [0.717, 1.165) is 5.69 Å². The number of carboxylic acid groups (broad SMARTS) is 1. The number of hydrogen-bond acceptors (Lipinski definition) is 4. The number of nitrogens with zero attached hydrogens (tertiary/aromatic N) is 5. The molecule has 2 aromatic rings. The first-order valence-electron chi connectivity index (χ1n) is 4.89. The molecule has 2 aromatic heterocycles. The highest BCUT2D eigenvalue weighted by Crippen LogP contribution is 2.11. The molecule has 17 heavy (non-hydrogen) atoms. The van der Waals surface area contributed by atoms with Crippen LogP contribution in [0.25, 0.3) is 0 Å². The molecule has 7 nitrogen and oxygen atoms in total. The van der Waals surface area contributed by atoms with Crippen LogP contribution in [-0.2, 0) is 13.1 Å². The molecule has 0 aliphatic heterocycles. The number of aromatic carboxylic acids is 1. The van der Waals surface area contributed by atoms with Gasteiger partial charge in [0, 0.05) is 6.20 Å². The number of carboxylic acids is 1. The summed E-state index contributed by atoms with van der Waals surface area (Å²) in [6, 6.07) is 0. The maximum absolute atomic E-state index is 10.6. The van der Waals surface area contributed by atoms with Gasteiger partial charge in [-0.25, -0.2) is 9.48 Å².